The van der Waals surface area contributed by atoms with E-state index in [0.29, 0.717) is 6.04 Å². The minimum Gasteiger partial charge on any atom is -0.391 e. The van der Waals surface area contributed by atoms with E-state index in [1.165, 1.54) is 31.4 Å². The van der Waals surface area contributed by atoms with Gasteiger partial charge in [-0.1, -0.05) is 28.1 Å². The summed E-state index contributed by atoms with van der Waals surface area (Å²) in [6, 6.07) is 9.11. The molecule has 122 valence electrons. The van der Waals surface area contributed by atoms with Gasteiger partial charge in [0.05, 0.1) is 6.10 Å². The highest BCUT2D eigenvalue weighted by Gasteiger charge is 2.32. The lowest BCUT2D eigenvalue weighted by molar-refractivity contribution is 0.0353. The number of aliphatic hydroxyl groups excluding tert-OH is 1. The lowest BCUT2D eigenvalue weighted by Crippen LogP contribution is -2.52. The summed E-state index contributed by atoms with van der Waals surface area (Å²) < 4.78 is 1.15. The first-order chi connectivity index (χ1) is 10.7. The lowest BCUT2D eigenvalue weighted by Gasteiger charge is -2.39. The average molecular weight is 367 g/mol. The molecular formula is C18H27BrN2O. The Morgan fingerprint density at radius 1 is 1.05 bits per heavy atom. The first-order valence-electron chi connectivity index (χ1n) is 8.61. The van der Waals surface area contributed by atoms with Crippen LogP contribution in [0.5, 0.6) is 0 Å². The van der Waals surface area contributed by atoms with Crippen molar-refractivity contribution in [1.82, 2.24) is 9.80 Å². The molecule has 0 unspecified atom stereocenters. The van der Waals surface area contributed by atoms with E-state index in [1.54, 1.807) is 0 Å². The van der Waals surface area contributed by atoms with Crippen molar-refractivity contribution in [1.29, 1.82) is 0 Å². The summed E-state index contributed by atoms with van der Waals surface area (Å²) in [4.78, 5) is 5.10. The summed E-state index contributed by atoms with van der Waals surface area (Å²) in [6.45, 7) is 5.75. The van der Waals surface area contributed by atoms with E-state index in [2.05, 4.69) is 50.0 Å². The molecule has 2 aliphatic rings. The van der Waals surface area contributed by atoms with Gasteiger partial charge in [0.25, 0.3) is 0 Å². The fourth-order valence-electron chi connectivity index (χ4n) is 3.82. The minimum absolute atomic E-state index is 0.0797. The van der Waals surface area contributed by atoms with Crippen LogP contribution in [0.25, 0.3) is 0 Å². The predicted molar refractivity (Wildman–Crippen MR) is 94.1 cm³/mol. The molecule has 1 aliphatic carbocycles. The smallest absolute Gasteiger partial charge is 0.0695 e. The number of aliphatic hydroxyl groups is 1. The van der Waals surface area contributed by atoms with Gasteiger partial charge in [0.2, 0.25) is 0 Å². The molecule has 1 saturated heterocycles. The molecule has 0 spiro atoms. The van der Waals surface area contributed by atoms with E-state index >= 15 is 0 Å². The van der Waals surface area contributed by atoms with E-state index in [4.69, 9.17) is 0 Å². The topological polar surface area (TPSA) is 26.7 Å². The molecule has 0 amide bonds. The molecule has 1 N–H and O–H groups in total. The van der Waals surface area contributed by atoms with Crippen LogP contribution in [0, 0.1) is 0 Å². The first-order valence-corrected chi connectivity index (χ1v) is 9.40. The van der Waals surface area contributed by atoms with E-state index in [-0.39, 0.29) is 6.10 Å². The molecule has 1 heterocycles. The fraction of sp³-hybridized carbons (Fsp3) is 0.667. The van der Waals surface area contributed by atoms with Gasteiger partial charge in [0.15, 0.2) is 0 Å². The number of hydrogen-bond acceptors (Lipinski definition) is 3. The number of aryl methyl sites for hydroxylation is 1. The van der Waals surface area contributed by atoms with Crippen LogP contribution in [0.2, 0.25) is 0 Å². The average Bonchev–Trinajstić information content (AvgIpc) is 2.96. The Balaban J connectivity index is 1.36. The van der Waals surface area contributed by atoms with Gasteiger partial charge in [-0.2, -0.15) is 0 Å². The van der Waals surface area contributed by atoms with E-state index in [9.17, 15) is 5.11 Å². The molecule has 1 aliphatic heterocycles. The van der Waals surface area contributed by atoms with Gasteiger partial charge in [-0.25, -0.2) is 0 Å². The van der Waals surface area contributed by atoms with Gasteiger partial charge in [-0.3, -0.25) is 4.90 Å². The molecule has 2 fully saturated rings. The van der Waals surface area contributed by atoms with Crippen molar-refractivity contribution in [2.45, 2.75) is 44.2 Å². The highest BCUT2D eigenvalue weighted by molar-refractivity contribution is 9.10. The normalized spacial score (nSPS) is 27.4. The Morgan fingerprint density at radius 3 is 2.41 bits per heavy atom. The molecule has 22 heavy (non-hydrogen) atoms. The van der Waals surface area contributed by atoms with Crippen molar-refractivity contribution in [3.63, 3.8) is 0 Å². The molecule has 1 aromatic carbocycles. The number of rotatable bonds is 5. The maximum atomic E-state index is 10.0. The second kappa shape index (κ2) is 7.91. The fourth-order valence-corrected chi connectivity index (χ4v) is 4.09. The third-order valence-electron chi connectivity index (χ3n) is 5.17. The van der Waals surface area contributed by atoms with Gasteiger partial charge in [-0.15, -0.1) is 0 Å². The van der Waals surface area contributed by atoms with Gasteiger partial charge in [0, 0.05) is 36.7 Å². The lowest BCUT2D eigenvalue weighted by atomic mass is 10.1. The summed E-state index contributed by atoms with van der Waals surface area (Å²) in [5.74, 6) is 0. The summed E-state index contributed by atoms with van der Waals surface area (Å²) in [6.07, 6.45) is 5.69. The number of nitrogens with zero attached hydrogens (tertiary/aromatic N) is 2. The van der Waals surface area contributed by atoms with Crippen molar-refractivity contribution in [3.8, 4) is 0 Å². The maximum absolute atomic E-state index is 10.0. The molecule has 1 aromatic rings. The zero-order chi connectivity index (χ0) is 15.4. The maximum Gasteiger partial charge on any atom is 0.0695 e. The second-order valence-corrected chi connectivity index (χ2v) is 7.59. The summed E-state index contributed by atoms with van der Waals surface area (Å²) in [7, 11) is 0. The van der Waals surface area contributed by atoms with Gasteiger partial charge >= 0.3 is 0 Å². The second-order valence-electron chi connectivity index (χ2n) is 6.67. The number of benzene rings is 1. The molecule has 1 saturated carbocycles. The van der Waals surface area contributed by atoms with Crippen LogP contribution in [-0.4, -0.2) is 59.8 Å². The first kappa shape index (κ1) is 16.4. The Morgan fingerprint density at radius 2 is 1.77 bits per heavy atom. The van der Waals surface area contributed by atoms with Crippen LogP contribution >= 0.6 is 15.9 Å². The van der Waals surface area contributed by atoms with Crippen LogP contribution in [0.15, 0.2) is 28.7 Å². The van der Waals surface area contributed by atoms with Crippen molar-refractivity contribution >= 4 is 15.9 Å². The third kappa shape index (κ3) is 4.31. The Bertz CT molecular complexity index is 457. The zero-order valence-corrected chi connectivity index (χ0v) is 14.8. The van der Waals surface area contributed by atoms with Gasteiger partial charge < -0.3 is 10.0 Å². The summed E-state index contributed by atoms with van der Waals surface area (Å²) >= 11 is 3.48. The number of hydrogen-bond donors (Lipinski definition) is 1. The Labute approximate surface area is 142 Å². The number of halogens is 1. The van der Waals surface area contributed by atoms with Gasteiger partial charge in [0.1, 0.15) is 0 Å². The van der Waals surface area contributed by atoms with Crippen molar-refractivity contribution in [2.75, 3.05) is 32.7 Å². The van der Waals surface area contributed by atoms with E-state index in [1.807, 2.05) is 0 Å². The van der Waals surface area contributed by atoms with Crippen LogP contribution in [0.3, 0.4) is 0 Å². The van der Waals surface area contributed by atoms with E-state index < -0.39 is 0 Å². The molecule has 4 heteroatoms. The Kier molecular flexibility index (Phi) is 5.91. The van der Waals surface area contributed by atoms with Crippen LogP contribution < -0.4 is 0 Å². The molecule has 0 bridgehead atoms. The SMILES string of the molecule is O[C@H]1CCC[C@@H]1N1CCN(CCCc2ccc(Br)cc2)CC1. The Hall–Kier alpha value is -0.420. The third-order valence-corrected chi connectivity index (χ3v) is 5.70. The molecule has 3 rings (SSSR count). The molecule has 3 nitrogen and oxygen atoms in total. The molecular weight excluding hydrogens is 340 g/mol. The van der Waals surface area contributed by atoms with Crippen LogP contribution in [-0.2, 0) is 6.42 Å². The standard InChI is InChI=1S/C18H27BrN2O/c19-16-8-6-15(7-9-16)3-2-10-20-11-13-21(14-12-20)17-4-1-5-18(17)22/h6-9,17-18,22H,1-5,10-14H2/t17-,18-/m0/s1. The highest BCUT2D eigenvalue weighted by atomic mass is 79.9. The molecule has 2 atom stereocenters. The molecule has 0 aromatic heterocycles. The van der Waals surface area contributed by atoms with Crippen molar-refractivity contribution in [3.05, 3.63) is 34.3 Å². The predicted octanol–water partition coefficient (Wildman–Crippen LogP) is 2.91. The quantitative estimate of drug-likeness (QED) is 0.867. The van der Waals surface area contributed by atoms with Crippen LogP contribution in [0.4, 0.5) is 0 Å². The van der Waals surface area contributed by atoms with Crippen LogP contribution in [0.1, 0.15) is 31.2 Å². The summed E-state index contributed by atoms with van der Waals surface area (Å²) in [5.41, 5.74) is 1.43. The monoisotopic (exact) mass is 366 g/mol. The number of piperazine rings is 1. The van der Waals surface area contributed by atoms with E-state index in [0.717, 1.165) is 43.5 Å². The molecule has 0 radical (unpaired) electrons. The summed E-state index contributed by atoms with van der Waals surface area (Å²) in [5, 5.41) is 10.0. The minimum atomic E-state index is -0.0797. The van der Waals surface area contributed by atoms with Crippen molar-refractivity contribution in [2.24, 2.45) is 0 Å². The van der Waals surface area contributed by atoms with Gasteiger partial charge in [-0.05, 0) is 56.3 Å². The zero-order valence-electron chi connectivity index (χ0n) is 13.3. The highest BCUT2D eigenvalue weighted by Crippen LogP contribution is 2.25. The van der Waals surface area contributed by atoms with Crippen molar-refractivity contribution < 1.29 is 5.11 Å². The largest absolute Gasteiger partial charge is 0.391 e.